The highest BCUT2D eigenvalue weighted by molar-refractivity contribution is 9.10. The Balaban J connectivity index is 1.48. The van der Waals surface area contributed by atoms with E-state index in [0.29, 0.717) is 18.8 Å². The molecule has 1 aliphatic rings. The SMILES string of the molecule is Cc1ccc(NC(=O)COC(=O)C2CC(=O)N(Cc3ccccc3)C2)c(Br)c1. The molecule has 2 aromatic rings. The molecule has 7 heteroatoms. The molecule has 0 saturated carbocycles. The number of nitrogens with one attached hydrogen (secondary N) is 1. The zero-order valence-electron chi connectivity index (χ0n) is 15.5. The lowest BCUT2D eigenvalue weighted by Gasteiger charge is -2.16. The van der Waals surface area contributed by atoms with E-state index in [4.69, 9.17) is 4.74 Å². The topological polar surface area (TPSA) is 75.7 Å². The predicted octanol–water partition coefficient (Wildman–Crippen LogP) is 3.29. The number of carbonyl (C=O) groups is 3. The van der Waals surface area contributed by atoms with Crippen LogP contribution in [0, 0.1) is 12.8 Å². The van der Waals surface area contributed by atoms with Gasteiger partial charge >= 0.3 is 5.97 Å². The summed E-state index contributed by atoms with van der Waals surface area (Å²) in [6.07, 6.45) is 0.108. The van der Waals surface area contributed by atoms with E-state index in [1.54, 1.807) is 11.0 Å². The zero-order chi connectivity index (χ0) is 20.1. The van der Waals surface area contributed by atoms with Crippen LogP contribution in [0.5, 0.6) is 0 Å². The van der Waals surface area contributed by atoms with E-state index in [9.17, 15) is 14.4 Å². The minimum absolute atomic E-state index is 0.0844. The second kappa shape index (κ2) is 9.01. The van der Waals surface area contributed by atoms with Gasteiger partial charge in [0.2, 0.25) is 5.91 Å². The molecule has 1 fully saturated rings. The average molecular weight is 445 g/mol. The summed E-state index contributed by atoms with van der Waals surface area (Å²) in [5, 5.41) is 2.69. The molecular weight excluding hydrogens is 424 g/mol. The maximum Gasteiger partial charge on any atom is 0.311 e. The smallest absolute Gasteiger partial charge is 0.311 e. The Morgan fingerprint density at radius 1 is 1.21 bits per heavy atom. The van der Waals surface area contributed by atoms with Crippen LogP contribution in [-0.4, -0.2) is 35.8 Å². The van der Waals surface area contributed by atoms with Crippen molar-refractivity contribution >= 4 is 39.4 Å². The van der Waals surface area contributed by atoms with Gasteiger partial charge in [0.05, 0.1) is 11.6 Å². The number of amides is 2. The van der Waals surface area contributed by atoms with Crippen LogP contribution in [0.25, 0.3) is 0 Å². The molecule has 1 saturated heterocycles. The Hall–Kier alpha value is -2.67. The number of aryl methyl sites for hydroxylation is 1. The normalized spacial score (nSPS) is 16.1. The summed E-state index contributed by atoms with van der Waals surface area (Å²) in [4.78, 5) is 38.1. The molecule has 1 atom stereocenters. The lowest BCUT2D eigenvalue weighted by Crippen LogP contribution is -2.28. The minimum Gasteiger partial charge on any atom is -0.455 e. The van der Waals surface area contributed by atoms with Crippen molar-refractivity contribution in [3.8, 4) is 0 Å². The van der Waals surface area contributed by atoms with Crippen LogP contribution < -0.4 is 5.32 Å². The third-order valence-electron chi connectivity index (χ3n) is 4.51. The fourth-order valence-corrected chi connectivity index (χ4v) is 3.64. The average Bonchev–Trinajstić information content (AvgIpc) is 3.03. The zero-order valence-corrected chi connectivity index (χ0v) is 17.1. The van der Waals surface area contributed by atoms with Crippen molar-refractivity contribution in [2.75, 3.05) is 18.5 Å². The van der Waals surface area contributed by atoms with Gasteiger partial charge in [-0.2, -0.15) is 0 Å². The first-order valence-corrected chi connectivity index (χ1v) is 9.76. The van der Waals surface area contributed by atoms with Gasteiger partial charge in [-0.05, 0) is 46.1 Å². The number of halogens is 1. The number of hydrogen-bond acceptors (Lipinski definition) is 4. The Labute approximate surface area is 172 Å². The predicted molar refractivity (Wildman–Crippen MR) is 108 cm³/mol. The number of nitrogens with zero attached hydrogens (tertiary/aromatic N) is 1. The van der Waals surface area contributed by atoms with Gasteiger partial charge < -0.3 is 15.0 Å². The monoisotopic (exact) mass is 444 g/mol. The van der Waals surface area contributed by atoms with Gasteiger partial charge in [0, 0.05) is 24.0 Å². The van der Waals surface area contributed by atoms with Gasteiger partial charge in [-0.1, -0.05) is 36.4 Å². The van der Waals surface area contributed by atoms with Crippen molar-refractivity contribution in [2.45, 2.75) is 19.9 Å². The largest absolute Gasteiger partial charge is 0.455 e. The molecule has 1 unspecified atom stereocenters. The van der Waals surface area contributed by atoms with E-state index in [1.165, 1.54) is 0 Å². The second-order valence-corrected chi connectivity index (χ2v) is 7.65. The van der Waals surface area contributed by atoms with Gasteiger partial charge in [0.1, 0.15) is 0 Å². The number of anilines is 1. The van der Waals surface area contributed by atoms with Gasteiger partial charge in [-0.15, -0.1) is 0 Å². The number of benzene rings is 2. The molecule has 28 heavy (non-hydrogen) atoms. The number of rotatable bonds is 6. The first-order chi connectivity index (χ1) is 13.4. The molecule has 0 aliphatic carbocycles. The number of ether oxygens (including phenoxy) is 1. The van der Waals surface area contributed by atoms with Crippen LogP contribution in [0.3, 0.4) is 0 Å². The maximum atomic E-state index is 12.3. The number of carbonyl (C=O) groups excluding carboxylic acids is 3. The van der Waals surface area contributed by atoms with Crippen LogP contribution in [0.2, 0.25) is 0 Å². The molecule has 146 valence electrons. The third-order valence-corrected chi connectivity index (χ3v) is 5.16. The highest BCUT2D eigenvalue weighted by atomic mass is 79.9. The van der Waals surface area contributed by atoms with E-state index < -0.39 is 17.8 Å². The molecule has 2 aromatic carbocycles. The Morgan fingerprint density at radius 3 is 2.68 bits per heavy atom. The summed E-state index contributed by atoms with van der Waals surface area (Å²) in [5.74, 6) is -1.58. The van der Waals surface area contributed by atoms with Crippen molar-refractivity contribution in [1.29, 1.82) is 0 Å². The maximum absolute atomic E-state index is 12.3. The molecule has 1 N–H and O–H groups in total. The van der Waals surface area contributed by atoms with Crippen LogP contribution in [0.15, 0.2) is 53.0 Å². The van der Waals surface area contributed by atoms with Gasteiger partial charge in [-0.25, -0.2) is 0 Å². The van der Waals surface area contributed by atoms with Crippen molar-refractivity contribution < 1.29 is 19.1 Å². The molecular formula is C21H21BrN2O4. The standard InChI is InChI=1S/C21H21BrN2O4/c1-14-7-8-18(17(22)9-14)23-19(25)13-28-21(27)16-10-20(26)24(12-16)11-15-5-3-2-4-6-15/h2-9,16H,10-13H2,1H3,(H,23,25). The summed E-state index contributed by atoms with van der Waals surface area (Å²) < 4.78 is 5.88. The summed E-state index contributed by atoms with van der Waals surface area (Å²) in [6.45, 7) is 2.33. The highest BCUT2D eigenvalue weighted by Crippen LogP contribution is 2.24. The fourth-order valence-electron chi connectivity index (χ4n) is 3.05. The van der Waals surface area contributed by atoms with E-state index in [-0.39, 0.29) is 18.9 Å². The number of esters is 1. The van der Waals surface area contributed by atoms with Crippen molar-refractivity contribution in [2.24, 2.45) is 5.92 Å². The molecule has 3 rings (SSSR count). The Bertz CT molecular complexity index is 885. The summed E-state index contributed by atoms with van der Waals surface area (Å²) in [5.41, 5.74) is 2.67. The van der Waals surface area contributed by atoms with Gasteiger partial charge in [0.25, 0.3) is 5.91 Å². The number of likely N-dealkylation sites (tertiary alicyclic amines) is 1. The van der Waals surface area contributed by atoms with E-state index in [1.807, 2.05) is 49.4 Å². The molecule has 0 bridgehead atoms. The first kappa shape index (κ1) is 20.1. The number of hydrogen-bond donors (Lipinski definition) is 1. The molecule has 1 aliphatic heterocycles. The summed E-state index contributed by atoms with van der Waals surface area (Å²) in [7, 11) is 0. The summed E-state index contributed by atoms with van der Waals surface area (Å²) >= 11 is 3.38. The van der Waals surface area contributed by atoms with E-state index >= 15 is 0 Å². The quantitative estimate of drug-likeness (QED) is 0.693. The van der Waals surface area contributed by atoms with Crippen molar-refractivity contribution in [1.82, 2.24) is 4.90 Å². The van der Waals surface area contributed by atoms with Crippen LogP contribution in [-0.2, 0) is 25.7 Å². The summed E-state index contributed by atoms with van der Waals surface area (Å²) in [6, 6.07) is 15.1. The minimum atomic E-state index is -0.546. The molecule has 0 aromatic heterocycles. The Morgan fingerprint density at radius 2 is 1.96 bits per heavy atom. The fraction of sp³-hybridized carbons (Fsp3) is 0.286. The van der Waals surface area contributed by atoms with Gasteiger partial charge in [0.15, 0.2) is 6.61 Å². The van der Waals surface area contributed by atoms with Crippen LogP contribution in [0.1, 0.15) is 17.5 Å². The van der Waals surface area contributed by atoms with E-state index in [0.717, 1.165) is 15.6 Å². The molecule has 0 radical (unpaired) electrons. The molecule has 0 spiro atoms. The van der Waals surface area contributed by atoms with Gasteiger partial charge in [-0.3, -0.25) is 14.4 Å². The molecule has 1 heterocycles. The third kappa shape index (κ3) is 5.19. The Kier molecular flexibility index (Phi) is 6.46. The lowest BCUT2D eigenvalue weighted by atomic mass is 10.1. The van der Waals surface area contributed by atoms with Crippen molar-refractivity contribution in [3.63, 3.8) is 0 Å². The van der Waals surface area contributed by atoms with Crippen molar-refractivity contribution in [3.05, 3.63) is 64.1 Å². The second-order valence-electron chi connectivity index (χ2n) is 6.80. The first-order valence-electron chi connectivity index (χ1n) is 8.96. The van der Waals surface area contributed by atoms with Crippen LogP contribution >= 0.6 is 15.9 Å². The molecule has 6 nitrogen and oxygen atoms in total. The van der Waals surface area contributed by atoms with Crippen LogP contribution in [0.4, 0.5) is 5.69 Å². The lowest BCUT2D eigenvalue weighted by molar-refractivity contribution is -0.151. The molecule has 2 amide bonds. The van der Waals surface area contributed by atoms with E-state index in [2.05, 4.69) is 21.2 Å². The highest BCUT2D eigenvalue weighted by Gasteiger charge is 2.35.